The fourth-order valence-corrected chi connectivity index (χ4v) is 2.60. The van der Waals surface area contributed by atoms with E-state index in [-0.39, 0.29) is 10.6 Å². The van der Waals surface area contributed by atoms with E-state index < -0.39 is 0 Å². The first-order chi connectivity index (χ1) is 9.08. The van der Waals surface area contributed by atoms with E-state index in [0.717, 1.165) is 11.3 Å². The van der Waals surface area contributed by atoms with E-state index in [1.807, 2.05) is 13.8 Å². The summed E-state index contributed by atoms with van der Waals surface area (Å²) in [5, 5.41) is 16.4. The van der Waals surface area contributed by atoms with Crippen molar-refractivity contribution in [2.24, 2.45) is 5.92 Å². The predicted octanol–water partition coefficient (Wildman–Crippen LogP) is 4.24. The molecule has 0 bridgehead atoms. The second-order valence-corrected chi connectivity index (χ2v) is 5.30. The zero-order chi connectivity index (χ0) is 14.4. The molecule has 1 aliphatic rings. The van der Waals surface area contributed by atoms with Crippen molar-refractivity contribution in [2.75, 3.05) is 0 Å². The molecule has 1 aromatic carbocycles. The number of rotatable bonds is 3. The molecule has 0 fully saturated rings. The van der Waals surface area contributed by atoms with E-state index in [2.05, 4.69) is 24.6 Å². The number of thioether (sulfide) groups is 1. The van der Waals surface area contributed by atoms with Crippen LogP contribution in [0.5, 0.6) is 0 Å². The smallest absolute Gasteiger partial charge is 0.269 e. The maximum Gasteiger partial charge on any atom is 0.269 e. The standard InChI is InChI=1S/C12H14N2O2S.C2H6/c1-8(2)12-13-11(7-17-12)9-3-5-10(6-4-9)14(15)16;1-2/h3-8,12-13H,1-2H3;1-2H3. The molecular weight excluding hydrogens is 260 g/mol. The predicted molar refractivity (Wildman–Crippen MR) is 81.8 cm³/mol. The third-order valence-electron chi connectivity index (χ3n) is 2.62. The van der Waals surface area contributed by atoms with E-state index in [1.165, 1.54) is 12.1 Å². The van der Waals surface area contributed by atoms with Gasteiger partial charge in [-0.1, -0.05) is 27.7 Å². The Morgan fingerprint density at radius 3 is 2.26 bits per heavy atom. The Kier molecular flexibility index (Phi) is 5.89. The van der Waals surface area contributed by atoms with Crippen molar-refractivity contribution in [3.05, 3.63) is 45.4 Å². The Morgan fingerprint density at radius 2 is 1.84 bits per heavy atom. The molecule has 0 aromatic heterocycles. The van der Waals surface area contributed by atoms with Gasteiger partial charge in [0.1, 0.15) is 0 Å². The van der Waals surface area contributed by atoms with Crippen LogP contribution in [0.1, 0.15) is 33.3 Å². The highest BCUT2D eigenvalue weighted by atomic mass is 32.2. The van der Waals surface area contributed by atoms with Crippen LogP contribution in [-0.2, 0) is 0 Å². The minimum absolute atomic E-state index is 0.125. The lowest BCUT2D eigenvalue weighted by Gasteiger charge is -2.16. The largest absolute Gasteiger partial charge is 0.372 e. The maximum atomic E-state index is 10.5. The lowest BCUT2D eigenvalue weighted by atomic mass is 10.1. The summed E-state index contributed by atoms with van der Waals surface area (Å²) in [5.41, 5.74) is 2.16. The van der Waals surface area contributed by atoms with Crippen LogP contribution < -0.4 is 5.32 Å². The number of nitrogens with zero attached hydrogens (tertiary/aromatic N) is 1. The van der Waals surface area contributed by atoms with Crippen LogP contribution in [-0.4, -0.2) is 10.3 Å². The van der Waals surface area contributed by atoms with Gasteiger partial charge >= 0.3 is 0 Å². The number of non-ortho nitro benzene ring substituents is 1. The molecule has 1 aromatic rings. The fraction of sp³-hybridized carbons (Fsp3) is 0.429. The Balaban J connectivity index is 0.000000861. The molecule has 0 spiro atoms. The molecule has 1 unspecified atom stereocenters. The molecule has 1 N–H and O–H groups in total. The zero-order valence-corrected chi connectivity index (χ0v) is 12.5. The highest BCUT2D eigenvalue weighted by Crippen LogP contribution is 2.31. The SMILES string of the molecule is CC.CC(C)C1NC(c2ccc([N+](=O)[O-])cc2)=CS1. The minimum atomic E-state index is -0.383. The van der Waals surface area contributed by atoms with Gasteiger partial charge in [0.2, 0.25) is 0 Å². The summed E-state index contributed by atoms with van der Waals surface area (Å²) < 4.78 is 0. The quantitative estimate of drug-likeness (QED) is 0.664. The van der Waals surface area contributed by atoms with Gasteiger partial charge in [0, 0.05) is 17.8 Å². The fourth-order valence-electron chi connectivity index (χ4n) is 1.60. The van der Waals surface area contributed by atoms with Crippen LogP contribution in [0.4, 0.5) is 5.69 Å². The monoisotopic (exact) mass is 280 g/mol. The molecule has 4 nitrogen and oxygen atoms in total. The first-order valence-electron chi connectivity index (χ1n) is 6.45. The van der Waals surface area contributed by atoms with E-state index >= 15 is 0 Å². The van der Waals surface area contributed by atoms with Crippen molar-refractivity contribution in [3.63, 3.8) is 0 Å². The maximum absolute atomic E-state index is 10.5. The molecule has 0 radical (unpaired) electrons. The molecule has 1 atom stereocenters. The van der Waals surface area contributed by atoms with Crippen molar-refractivity contribution >= 4 is 23.1 Å². The van der Waals surface area contributed by atoms with Crippen LogP contribution >= 0.6 is 11.8 Å². The van der Waals surface area contributed by atoms with Crippen molar-refractivity contribution < 1.29 is 4.92 Å². The van der Waals surface area contributed by atoms with Crippen molar-refractivity contribution in [1.29, 1.82) is 0 Å². The van der Waals surface area contributed by atoms with Crippen LogP contribution in [0.15, 0.2) is 29.7 Å². The average Bonchev–Trinajstić information content (AvgIpc) is 2.91. The molecule has 0 saturated carbocycles. The highest BCUT2D eigenvalue weighted by molar-refractivity contribution is 8.03. The third kappa shape index (κ3) is 3.99. The molecule has 19 heavy (non-hydrogen) atoms. The molecule has 5 heteroatoms. The Bertz CT molecular complexity index is 455. The summed E-state index contributed by atoms with van der Waals surface area (Å²) >= 11 is 1.76. The van der Waals surface area contributed by atoms with Gasteiger partial charge in [-0.25, -0.2) is 0 Å². The highest BCUT2D eigenvalue weighted by Gasteiger charge is 2.20. The van der Waals surface area contributed by atoms with Crippen LogP contribution in [0.25, 0.3) is 5.70 Å². The molecule has 0 amide bonds. The van der Waals surface area contributed by atoms with Crippen LogP contribution in [0, 0.1) is 16.0 Å². The topological polar surface area (TPSA) is 55.2 Å². The van der Waals surface area contributed by atoms with Gasteiger partial charge in [-0.3, -0.25) is 10.1 Å². The Labute approximate surface area is 118 Å². The summed E-state index contributed by atoms with van der Waals surface area (Å²) in [6.07, 6.45) is 0. The average molecular weight is 280 g/mol. The summed E-state index contributed by atoms with van der Waals surface area (Å²) in [4.78, 5) is 10.2. The van der Waals surface area contributed by atoms with Crippen LogP contribution in [0.3, 0.4) is 0 Å². The summed E-state index contributed by atoms with van der Waals surface area (Å²) in [7, 11) is 0. The van der Waals surface area contributed by atoms with Gasteiger partial charge in [0.25, 0.3) is 5.69 Å². The van der Waals surface area contributed by atoms with Crippen molar-refractivity contribution in [1.82, 2.24) is 5.32 Å². The summed E-state index contributed by atoms with van der Waals surface area (Å²) in [5.74, 6) is 0.548. The lowest BCUT2D eigenvalue weighted by Crippen LogP contribution is -2.24. The molecule has 104 valence electrons. The first-order valence-corrected chi connectivity index (χ1v) is 7.39. The van der Waals surface area contributed by atoms with E-state index in [4.69, 9.17) is 0 Å². The van der Waals surface area contributed by atoms with Crippen molar-refractivity contribution in [3.8, 4) is 0 Å². The number of nitrogens with one attached hydrogen (secondary N) is 1. The molecule has 1 heterocycles. The summed E-state index contributed by atoms with van der Waals surface area (Å²) in [6, 6.07) is 6.62. The van der Waals surface area contributed by atoms with E-state index in [0.29, 0.717) is 11.3 Å². The molecular formula is C14H20N2O2S. The number of nitro benzene ring substituents is 1. The second-order valence-electron chi connectivity index (χ2n) is 4.28. The van der Waals surface area contributed by atoms with Crippen LogP contribution in [0.2, 0.25) is 0 Å². The number of hydrogen-bond donors (Lipinski definition) is 1. The number of benzene rings is 1. The van der Waals surface area contributed by atoms with Gasteiger partial charge in [0.15, 0.2) is 0 Å². The van der Waals surface area contributed by atoms with Gasteiger partial charge in [-0.2, -0.15) is 0 Å². The number of hydrogen-bond acceptors (Lipinski definition) is 4. The normalized spacial score (nSPS) is 17.3. The molecule has 1 aliphatic heterocycles. The van der Waals surface area contributed by atoms with Gasteiger partial charge in [-0.05, 0) is 29.0 Å². The van der Waals surface area contributed by atoms with Gasteiger partial charge in [0.05, 0.1) is 10.3 Å². The second kappa shape index (κ2) is 7.19. The van der Waals surface area contributed by atoms with Gasteiger partial charge < -0.3 is 5.32 Å². The minimum Gasteiger partial charge on any atom is -0.372 e. The zero-order valence-electron chi connectivity index (χ0n) is 11.7. The third-order valence-corrected chi connectivity index (χ3v) is 3.95. The molecule has 2 rings (SSSR count). The summed E-state index contributed by atoms with van der Waals surface area (Å²) in [6.45, 7) is 8.33. The van der Waals surface area contributed by atoms with E-state index in [9.17, 15) is 10.1 Å². The Hall–Kier alpha value is -1.49. The van der Waals surface area contributed by atoms with E-state index in [1.54, 1.807) is 23.9 Å². The molecule has 0 aliphatic carbocycles. The lowest BCUT2D eigenvalue weighted by molar-refractivity contribution is -0.384. The number of nitro groups is 1. The first kappa shape index (κ1) is 15.6. The van der Waals surface area contributed by atoms with Crippen molar-refractivity contribution in [2.45, 2.75) is 33.1 Å². The van der Waals surface area contributed by atoms with Gasteiger partial charge in [-0.15, -0.1) is 11.8 Å². The Morgan fingerprint density at radius 1 is 1.26 bits per heavy atom. The molecule has 0 saturated heterocycles.